The minimum atomic E-state index is -2.15. The lowest BCUT2D eigenvalue weighted by molar-refractivity contribution is -0.181. The molecule has 7 heteroatoms. The van der Waals surface area contributed by atoms with Crippen molar-refractivity contribution >= 4 is 28.7 Å². The van der Waals surface area contributed by atoms with Crippen molar-refractivity contribution in [3.8, 4) is 5.75 Å². The van der Waals surface area contributed by atoms with Crippen molar-refractivity contribution in [2.24, 2.45) is 0 Å². The van der Waals surface area contributed by atoms with Gasteiger partial charge in [-0.25, -0.2) is 9.59 Å². The Morgan fingerprint density at radius 1 is 0.839 bits per heavy atom. The molecule has 7 nitrogen and oxygen atoms in total. The van der Waals surface area contributed by atoms with Gasteiger partial charge in [0.25, 0.3) is 0 Å². The Labute approximate surface area is 182 Å². The molecule has 0 fully saturated rings. The Hall–Kier alpha value is -3.09. The molecule has 0 aliphatic heterocycles. The largest absolute Gasteiger partial charge is 0.463 e. The van der Waals surface area contributed by atoms with Gasteiger partial charge in [0.15, 0.2) is 0 Å². The van der Waals surface area contributed by atoms with Gasteiger partial charge in [-0.15, -0.1) is 0 Å². The normalized spacial score (nSPS) is 11.6. The molecule has 0 unspecified atom stereocenters. The summed E-state index contributed by atoms with van der Waals surface area (Å²) in [5.41, 5.74) is -2.85. The molecule has 0 bridgehead atoms. The van der Waals surface area contributed by atoms with Gasteiger partial charge in [0.2, 0.25) is 0 Å². The number of rotatable bonds is 9. The van der Waals surface area contributed by atoms with Crippen molar-refractivity contribution < 1.29 is 33.3 Å². The highest BCUT2D eigenvalue weighted by molar-refractivity contribution is 6.05. The first-order chi connectivity index (χ1) is 14.6. The fraction of sp³-hybridized carbons (Fsp3) is 0.458. The number of hydrogen-bond donors (Lipinski definition) is 0. The van der Waals surface area contributed by atoms with Gasteiger partial charge < -0.3 is 18.9 Å². The molecular weight excluding hydrogens is 400 g/mol. The minimum Gasteiger partial charge on any atom is -0.463 e. The maximum absolute atomic E-state index is 13.0. The predicted molar refractivity (Wildman–Crippen MR) is 116 cm³/mol. The molecule has 0 saturated heterocycles. The van der Waals surface area contributed by atoms with Crippen LogP contribution in [-0.2, 0) is 28.6 Å². The maximum Gasteiger partial charge on any atom is 0.362 e. The molecule has 168 valence electrons. The Morgan fingerprint density at radius 2 is 1.42 bits per heavy atom. The molecule has 0 N–H and O–H groups in total. The summed E-state index contributed by atoms with van der Waals surface area (Å²) in [7, 11) is 0. The SMILES string of the molecule is CCOC(=O)C(CCC(=O)OC(C)(C)C)(Oc1cccc2ccccc12)C(=O)OCC. The van der Waals surface area contributed by atoms with Crippen LogP contribution in [-0.4, -0.2) is 42.3 Å². The van der Waals surface area contributed by atoms with Gasteiger partial charge in [-0.3, -0.25) is 4.79 Å². The van der Waals surface area contributed by atoms with E-state index >= 15 is 0 Å². The van der Waals surface area contributed by atoms with Crippen LogP contribution in [0.1, 0.15) is 47.5 Å². The number of hydrogen-bond acceptors (Lipinski definition) is 7. The van der Waals surface area contributed by atoms with Crippen LogP contribution in [0.4, 0.5) is 0 Å². The second-order valence-electron chi connectivity index (χ2n) is 7.93. The molecule has 2 aromatic rings. The molecule has 0 aliphatic carbocycles. The number of carbonyl (C=O) groups excluding carboxylic acids is 3. The lowest BCUT2D eigenvalue weighted by Crippen LogP contribution is -2.54. The first kappa shape index (κ1) is 24.2. The monoisotopic (exact) mass is 430 g/mol. The summed E-state index contributed by atoms with van der Waals surface area (Å²) in [6, 6.07) is 12.7. The van der Waals surface area contributed by atoms with Gasteiger partial charge >= 0.3 is 23.5 Å². The molecule has 0 atom stereocenters. The molecule has 0 aliphatic rings. The van der Waals surface area contributed by atoms with Crippen LogP contribution >= 0.6 is 0 Å². The molecule has 0 spiro atoms. The van der Waals surface area contributed by atoms with E-state index in [2.05, 4.69) is 0 Å². The van der Waals surface area contributed by atoms with Crippen LogP contribution in [0.3, 0.4) is 0 Å². The second kappa shape index (κ2) is 10.3. The summed E-state index contributed by atoms with van der Waals surface area (Å²) in [5.74, 6) is -2.08. The number of carbonyl (C=O) groups is 3. The summed E-state index contributed by atoms with van der Waals surface area (Å²) in [6.07, 6.45) is -0.525. The van der Waals surface area contributed by atoms with E-state index in [1.807, 2.05) is 30.3 Å². The van der Waals surface area contributed by atoms with Crippen LogP contribution < -0.4 is 4.74 Å². The van der Waals surface area contributed by atoms with Gasteiger partial charge in [0, 0.05) is 11.8 Å². The van der Waals surface area contributed by atoms with Crippen LogP contribution in [0.25, 0.3) is 10.8 Å². The van der Waals surface area contributed by atoms with Crippen molar-refractivity contribution in [2.75, 3.05) is 13.2 Å². The number of fused-ring (bicyclic) bond motifs is 1. The van der Waals surface area contributed by atoms with E-state index in [0.29, 0.717) is 11.1 Å². The van der Waals surface area contributed by atoms with Crippen LogP contribution in [0.2, 0.25) is 0 Å². The van der Waals surface area contributed by atoms with Gasteiger partial charge in [-0.1, -0.05) is 36.4 Å². The van der Waals surface area contributed by atoms with Crippen molar-refractivity contribution in [1.82, 2.24) is 0 Å². The topological polar surface area (TPSA) is 88.1 Å². The van der Waals surface area contributed by atoms with Crippen molar-refractivity contribution in [2.45, 2.75) is 58.7 Å². The predicted octanol–water partition coefficient (Wildman–Crippen LogP) is 4.21. The van der Waals surface area contributed by atoms with Gasteiger partial charge in [-0.05, 0) is 46.1 Å². The highest BCUT2D eigenvalue weighted by Crippen LogP contribution is 2.32. The third-order valence-corrected chi connectivity index (χ3v) is 4.35. The summed E-state index contributed by atoms with van der Waals surface area (Å²) in [5, 5.41) is 1.58. The highest BCUT2D eigenvalue weighted by atomic mass is 16.6. The fourth-order valence-corrected chi connectivity index (χ4v) is 3.06. The van der Waals surface area contributed by atoms with Crippen LogP contribution in [0, 0.1) is 0 Å². The Balaban J connectivity index is 2.49. The third kappa shape index (κ3) is 6.20. The standard InChI is InChI=1S/C24H30O7/c1-6-28-21(26)24(22(27)29-7-2,16-15-20(25)31-23(3,4)5)30-19-14-10-12-17-11-8-9-13-18(17)19/h8-14H,6-7,15-16H2,1-5H3. The minimum absolute atomic E-state index is 0.0331. The number of benzene rings is 2. The van der Waals surface area contributed by atoms with E-state index in [1.165, 1.54) is 0 Å². The van der Waals surface area contributed by atoms with Crippen molar-refractivity contribution in [3.63, 3.8) is 0 Å². The molecule has 31 heavy (non-hydrogen) atoms. The summed E-state index contributed by atoms with van der Waals surface area (Å²) in [4.78, 5) is 38.4. The molecule has 2 rings (SSSR count). The van der Waals surface area contributed by atoms with Gasteiger partial charge in [-0.2, -0.15) is 0 Å². The molecule has 2 aromatic carbocycles. The molecule has 0 amide bonds. The Morgan fingerprint density at radius 3 is 2.00 bits per heavy atom. The zero-order valence-corrected chi connectivity index (χ0v) is 18.7. The fourth-order valence-electron chi connectivity index (χ4n) is 3.06. The number of esters is 3. The van der Waals surface area contributed by atoms with Crippen LogP contribution in [0.5, 0.6) is 5.75 Å². The Kier molecular flexibility index (Phi) is 8.02. The summed E-state index contributed by atoms with van der Waals surface area (Å²) >= 11 is 0. The van der Waals surface area contributed by atoms with E-state index in [0.717, 1.165) is 5.39 Å². The zero-order chi connectivity index (χ0) is 23.1. The molecule has 0 radical (unpaired) electrons. The average molecular weight is 430 g/mol. The summed E-state index contributed by atoms with van der Waals surface area (Å²) in [6.45, 7) is 8.53. The van der Waals surface area contributed by atoms with E-state index < -0.39 is 29.1 Å². The average Bonchev–Trinajstić information content (AvgIpc) is 2.70. The molecule has 0 heterocycles. The van der Waals surface area contributed by atoms with E-state index in [-0.39, 0.29) is 26.1 Å². The zero-order valence-electron chi connectivity index (χ0n) is 18.7. The first-order valence-electron chi connectivity index (χ1n) is 10.4. The smallest absolute Gasteiger partial charge is 0.362 e. The lowest BCUT2D eigenvalue weighted by Gasteiger charge is -2.30. The van der Waals surface area contributed by atoms with Gasteiger partial charge in [0.05, 0.1) is 19.6 Å². The Bertz CT molecular complexity index is 904. The first-order valence-corrected chi connectivity index (χ1v) is 10.4. The quantitative estimate of drug-likeness (QED) is 0.335. The van der Waals surface area contributed by atoms with Crippen LogP contribution in [0.15, 0.2) is 42.5 Å². The molecular formula is C24H30O7. The van der Waals surface area contributed by atoms with Gasteiger partial charge in [0.1, 0.15) is 11.4 Å². The van der Waals surface area contributed by atoms with E-state index in [1.54, 1.807) is 46.8 Å². The van der Waals surface area contributed by atoms with E-state index in [9.17, 15) is 14.4 Å². The van der Waals surface area contributed by atoms with Crippen molar-refractivity contribution in [1.29, 1.82) is 0 Å². The summed E-state index contributed by atoms with van der Waals surface area (Å²) < 4.78 is 21.8. The molecule has 0 saturated carbocycles. The lowest BCUT2D eigenvalue weighted by atomic mass is 9.96. The maximum atomic E-state index is 13.0. The number of ether oxygens (including phenoxy) is 4. The van der Waals surface area contributed by atoms with E-state index in [4.69, 9.17) is 18.9 Å². The third-order valence-electron chi connectivity index (χ3n) is 4.35. The second-order valence-corrected chi connectivity index (χ2v) is 7.93. The molecule has 0 aromatic heterocycles. The van der Waals surface area contributed by atoms with Crippen molar-refractivity contribution in [3.05, 3.63) is 42.5 Å². The highest BCUT2D eigenvalue weighted by Gasteiger charge is 2.52.